The van der Waals surface area contributed by atoms with Gasteiger partial charge >= 0.3 is 5.97 Å². The third-order valence-corrected chi connectivity index (χ3v) is 2.51. The van der Waals surface area contributed by atoms with E-state index in [0.29, 0.717) is 22.3 Å². The van der Waals surface area contributed by atoms with Crippen molar-refractivity contribution in [2.24, 2.45) is 5.73 Å². The van der Waals surface area contributed by atoms with Crippen molar-refractivity contribution in [1.82, 2.24) is 0 Å². The van der Waals surface area contributed by atoms with Gasteiger partial charge in [0, 0.05) is 0 Å². The highest BCUT2D eigenvalue weighted by atomic mass is 19.1. The zero-order valence-electron chi connectivity index (χ0n) is 8.97. The molecule has 0 spiro atoms. The van der Waals surface area contributed by atoms with Crippen molar-refractivity contribution < 1.29 is 14.3 Å². The molecule has 0 aliphatic carbocycles. The minimum atomic E-state index is -1.17. The van der Waals surface area contributed by atoms with Gasteiger partial charge in [-0.15, -0.1) is 0 Å². The van der Waals surface area contributed by atoms with Gasteiger partial charge < -0.3 is 10.8 Å². The minimum absolute atomic E-state index is 0.322. The molecule has 0 aromatic heterocycles. The van der Waals surface area contributed by atoms with Crippen molar-refractivity contribution in [3.8, 4) is 0 Å². The Morgan fingerprint density at radius 3 is 2.40 bits per heavy atom. The second-order valence-electron chi connectivity index (χ2n) is 3.68. The van der Waals surface area contributed by atoms with Gasteiger partial charge in [0.1, 0.15) is 11.9 Å². The molecular formula is C11H14FNO2. The average molecular weight is 211 g/mol. The first-order valence-electron chi connectivity index (χ1n) is 4.60. The molecule has 0 amide bonds. The molecule has 82 valence electrons. The van der Waals surface area contributed by atoms with Crippen molar-refractivity contribution in [3.63, 3.8) is 0 Å². The Labute approximate surface area is 87.7 Å². The Hall–Kier alpha value is -1.42. The van der Waals surface area contributed by atoms with E-state index in [1.807, 2.05) is 0 Å². The fourth-order valence-electron chi connectivity index (χ4n) is 1.78. The lowest BCUT2D eigenvalue weighted by Gasteiger charge is -2.15. The molecule has 0 saturated heterocycles. The summed E-state index contributed by atoms with van der Waals surface area (Å²) in [5, 5.41) is 8.80. The van der Waals surface area contributed by atoms with E-state index in [4.69, 9.17) is 10.8 Å². The van der Waals surface area contributed by atoms with Gasteiger partial charge in [0.15, 0.2) is 0 Å². The van der Waals surface area contributed by atoms with Gasteiger partial charge in [-0.3, -0.25) is 4.79 Å². The molecule has 0 fully saturated rings. The number of carboxylic acid groups (broad SMARTS) is 1. The normalized spacial score (nSPS) is 12.6. The molecule has 0 aliphatic rings. The van der Waals surface area contributed by atoms with Crippen LogP contribution < -0.4 is 5.73 Å². The molecule has 1 aromatic carbocycles. The van der Waals surface area contributed by atoms with Crippen LogP contribution in [0.15, 0.2) is 6.07 Å². The Morgan fingerprint density at radius 2 is 1.93 bits per heavy atom. The van der Waals surface area contributed by atoms with Crippen molar-refractivity contribution in [3.05, 3.63) is 34.1 Å². The van der Waals surface area contributed by atoms with Crippen LogP contribution in [0.2, 0.25) is 0 Å². The summed E-state index contributed by atoms with van der Waals surface area (Å²) in [6, 6.07) is 0.445. The molecule has 15 heavy (non-hydrogen) atoms. The number of carbonyl (C=O) groups is 1. The van der Waals surface area contributed by atoms with Gasteiger partial charge in [-0.2, -0.15) is 0 Å². The maximum atomic E-state index is 13.5. The average Bonchev–Trinajstić information content (AvgIpc) is 2.14. The lowest BCUT2D eigenvalue weighted by molar-refractivity contribution is -0.138. The first-order chi connectivity index (χ1) is 6.86. The van der Waals surface area contributed by atoms with Gasteiger partial charge in [0.05, 0.1) is 0 Å². The minimum Gasteiger partial charge on any atom is -0.480 e. The van der Waals surface area contributed by atoms with E-state index in [2.05, 4.69) is 0 Å². The van der Waals surface area contributed by atoms with Crippen LogP contribution >= 0.6 is 0 Å². The topological polar surface area (TPSA) is 63.3 Å². The Morgan fingerprint density at radius 1 is 1.40 bits per heavy atom. The summed E-state index contributed by atoms with van der Waals surface area (Å²) in [6.45, 7) is 4.93. The molecule has 1 aromatic rings. The van der Waals surface area contributed by atoms with Gasteiger partial charge in [-0.05, 0) is 43.0 Å². The molecule has 0 saturated carbocycles. The fourth-order valence-corrected chi connectivity index (χ4v) is 1.78. The predicted octanol–water partition coefficient (Wildman–Crippen LogP) is 1.84. The number of rotatable bonds is 2. The third kappa shape index (κ3) is 1.99. The first kappa shape index (κ1) is 11.7. The van der Waals surface area contributed by atoms with Crippen LogP contribution in [-0.4, -0.2) is 11.1 Å². The zero-order chi connectivity index (χ0) is 11.7. The van der Waals surface area contributed by atoms with Crippen molar-refractivity contribution in [2.45, 2.75) is 26.8 Å². The molecule has 3 nitrogen and oxygen atoms in total. The smallest absolute Gasteiger partial charge is 0.325 e. The van der Waals surface area contributed by atoms with Crippen LogP contribution in [0.3, 0.4) is 0 Å². The maximum Gasteiger partial charge on any atom is 0.325 e. The van der Waals surface area contributed by atoms with Crippen molar-refractivity contribution >= 4 is 5.97 Å². The van der Waals surface area contributed by atoms with Gasteiger partial charge in [0.25, 0.3) is 0 Å². The van der Waals surface area contributed by atoms with E-state index in [0.717, 1.165) is 0 Å². The van der Waals surface area contributed by atoms with Gasteiger partial charge in [-0.1, -0.05) is 6.07 Å². The number of aliphatic carboxylic acids is 1. The summed E-state index contributed by atoms with van der Waals surface area (Å²) in [5.74, 6) is -1.53. The number of halogens is 1. The number of hydrogen-bond donors (Lipinski definition) is 2. The van der Waals surface area contributed by atoms with Crippen LogP contribution in [0.5, 0.6) is 0 Å². The Balaban J connectivity index is 3.42. The van der Waals surface area contributed by atoms with Gasteiger partial charge in [-0.25, -0.2) is 4.39 Å². The van der Waals surface area contributed by atoms with Crippen LogP contribution in [0, 0.1) is 26.6 Å². The molecule has 0 bridgehead atoms. The highest BCUT2D eigenvalue weighted by Crippen LogP contribution is 2.25. The van der Waals surface area contributed by atoms with Crippen LogP contribution in [0.25, 0.3) is 0 Å². The predicted molar refractivity (Wildman–Crippen MR) is 55.2 cm³/mol. The van der Waals surface area contributed by atoms with E-state index < -0.39 is 12.0 Å². The van der Waals surface area contributed by atoms with E-state index in [1.165, 1.54) is 0 Å². The third-order valence-electron chi connectivity index (χ3n) is 2.51. The summed E-state index contributed by atoms with van der Waals surface area (Å²) in [5.41, 5.74) is 7.40. The number of aryl methyl sites for hydroxylation is 2. The second-order valence-corrected chi connectivity index (χ2v) is 3.68. The standard InChI is InChI=1S/C11H14FNO2/c1-5-4-6(2)9(12)7(3)8(5)10(13)11(14)15/h4,10H,13H2,1-3H3,(H,14,15). The molecular weight excluding hydrogens is 197 g/mol. The second kappa shape index (κ2) is 3.98. The number of benzene rings is 1. The van der Waals surface area contributed by atoms with Crippen LogP contribution in [-0.2, 0) is 4.79 Å². The summed E-state index contributed by atoms with van der Waals surface area (Å²) in [7, 11) is 0. The van der Waals surface area contributed by atoms with Crippen molar-refractivity contribution in [1.29, 1.82) is 0 Å². The molecule has 0 heterocycles. The molecule has 4 heteroatoms. The molecule has 1 unspecified atom stereocenters. The molecule has 3 N–H and O–H groups in total. The summed E-state index contributed by atoms with van der Waals surface area (Å²) < 4.78 is 13.5. The first-order valence-corrected chi connectivity index (χ1v) is 4.60. The van der Waals surface area contributed by atoms with Crippen LogP contribution in [0.4, 0.5) is 4.39 Å². The number of hydrogen-bond acceptors (Lipinski definition) is 2. The highest BCUT2D eigenvalue weighted by Gasteiger charge is 2.21. The van der Waals surface area contributed by atoms with Crippen molar-refractivity contribution in [2.75, 3.05) is 0 Å². The summed E-state index contributed by atoms with van der Waals surface area (Å²) in [6.07, 6.45) is 0. The van der Waals surface area contributed by atoms with Crippen LogP contribution in [0.1, 0.15) is 28.3 Å². The SMILES string of the molecule is Cc1cc(C)c(C(N)C(=O)O)c(C)c1F. The lowest BCUT2D eigenvalue weighted by Crippen LogP contribution is -2.23. The van der Waals surface area contributed by atoms with Gasteiger partial charge in [0.2, 0.25) is 0 Å². The zero-order valence-corrected chi connectivity index (χ0v) is 8.97. The summed E-state index contributed by atoms with van der Waals surface area (Å²) >= 11 is 0. The van der Waals surface area contributed by atoms with E-state index in [1.54, 1.807) is 26.8 Å². The lowest BCUT2D eigenvalue weighted by atomic mass is 9.94. The molecule has 0 aliphatic heterocycles. The Bertz CT molecular complexity index is 416. The maximum absolute atomic E-state index is 13.5. The quantitative estimate of drug-likeness (QED) is 0.784. The van der Waals surface area contributed by atoms with E-state index in [-0.39, 0.29) is 5.82 Å². The summed E-state index contributed by atoms with van der Waals surface area (Å²) in [4.78, 5) is 10.8. The molecule has 1 atom stereocenters. The largest absolute Gasteiger partial charge is 0.480 e. The van der Waals surface area contributed by atoms with E-state index >= 15 is 0 Å². The highest BCUT2D eigenvalue weighted by molar-refractivity contribution is 5.76. The number of nitrogens with two attached hydrogens (primary N) is 1. The monoisotopic (exact) mass is 211 g/mol. The molecule has 0 radical (unpaired) electrons. The van der Waals surface area contributed by atoms with E-state index in [9.17, 15) is 9.18 Å². The fraction of sp³-hybridized carbons (Fsp3) is 0.364. The number of carboxylic acids is 1. The Kier molecular flexibility index (Phi) is 3.09. The molecule has 1 rings (SSSR count).